The van der Waals surface area contributed by atoms with Gasteiger partial charge in [-0.1, -0.05) is 30.0 Å². The minimum Gasteiger partial charge on any atom is -0.336 e. The molecule has 1 atom stereocenters. The van der Waals surface area contributed by atoms with E-state index in [0.29, 0.717) is 18.2 Å². The number of hydrogen-bond donors (Lipinski definition) is 1. The maximum Gasteiger partial charge on any atom is 0.324 e. The van der Waals surface area contributed by atoms with Gasteiger partial charge in [-0.15, -0.1) is 5.10 Å². The summed E-state index contributed by atoms with van der Waals surface area (Å²) in [5.41, 5.74) is 2.99. The highest BCUT2D eigenvalue weighted by Crippen LogP contribution is 2.27. The summed E-state index contributed by atoms with van der Waals surface area (Å²) in [7, 11) is 0. The van der Waals surface area contributed by atoms with Crippen LogP contribution in [-0.4, -0.2) is 55.4 Å². The van der Waals surface area contributed by atoms with E-state index in [0.717, 1.165) is 16.8 Å². The van der Waals surface area contributed by atoms with Gasteiger partial charge in [-0.05, 0) is 42.3 Å². The van der Waals surface area contributed by atoms with E-state index in [9.17, 15) is 9.59 Å². The molecule has 0 spiro atoms. The number of nitrogens with one attached hydrogen (secondary N) is 1. The van der Waals surface area contributed by atoms with Crippen molar-refractivity contribution in [1.29, 1.82) is 0 Å². The molecular formula is C15H18N6O2S. The van der Waals surface area contributed by atoms with Gasteiger partial charge in [0.15, 0.2) is 0 Å². The first kappa shape index (κ1) is 16.4. The molecule has 24 heavy (non-hydrogen) atoms. The average Bonchev–Trinajstić information content (AvgIpc) is 3.16. The molecule has 0 bridgehead atoms. The molecule has 2 aromatic rings. The summed E-state index contributed by atoms with van der Waals surface area (Å²) in [6, 6.07) is 5.61. The normalized spacial score (nSPS) is 15.5. The number of aryl methyl sites for hydroxylation is 2. The summed E-state index contributed by atoms with van der Waals surface area (Å²) >= 11 is 1.24. The Hall–Kier alpha value is -2.42. The minimum absolute atomic E-state index is 0.244. The third kappa shape index (κ3) is 2.99. The molecule has 3 amide bonds. The number of rotatable bonds is 4. The first-order valence-electron chi connectivity index (χ1n) is 7.60. The van der Waals surface area contributed by atoms with Gasteiger partial charge in [-0.3, -0.25) is 9.69 Å². The molecule has 126 valence electrons. The highest BCUT2D eigenvalue weighted by atomic mass is 32.2. The van der Waals surface area contributed by atoms with Crippen molar-refractivity contribution in [3.8, 4) is 5.69 Å². The summed E-state index contributed by atoms with van der Waals surface area (Å²) in [5.74, 6) is -0.244. The second kappa shape index (κ2) is 6.60. The van der Waals surface area contributed by atoms with Crippen molar-refractivity contribution in [2.45, 2.75) is 31.2 Å². The number of nitrogens with zero attached hydrogens (tertiary/aromatic N) is 5. The molecule has 1 aromatic carbocycles. The lowest BCUT2D eigenvalue weighted by Crippen LogP contribution is -2.39. The molecule has 1 aliphatic heterocycles. The second-order valence-corrected chi connectivity index (χ2v) is 6.90. The molecular weight excluding hydrogens is 328 g/mol. The van der Waals surface area contributed by atoms with Gasteiger partial charge in [0, 0.05) is 13.1 Å². The summed E-state index contributed by atoms with van der Waals surface area (Å²) in [6.45, 7) is 6.61. The number of benzene rings is 1. The van der Waals surface area contributed by atoms with Gasteiger partial charge in [0.1, 0.15) is 0 Å². The predicted molar refractivity (Wildman–Crippen MR) is 89.1 cm³/mol. The molecule has 0 aliphatic carbocycles. The minimum atomic E-state index is -0.470. The average molecular weight is 346 g/mol. The first-order valence-corrected chi connectivity index (χ1v) is 8.48. The van der Waals surface area contributed by atoms with E-state index in [1.807, 2.05) is 32.0 Å². The highest BCUT2D eigenvalue weighted by molar-refractivity contribution is 8.00. The van der Waals surface area contributed by atoms with Gasteiger partial charge in [0.05, 0.1) is 10.9 Å². The monoisotopic (exact) mass is 346 g/mol. The smallest absolute Gasteiger partial charge is 0.324 e. The van der Waals surface area contributed by atoms with Crippen molar-refractivity contribution in [2.24, 2.45) is 0 Å². The zero-order valence-electron chi connectivity index (χ0n) is 13.7. The van der Waals surface area contributed by atoms with Crippen LogP contribution in [0, 0.1) is 13.8 Å². The number of hydrogen-bond acceptors (Lipinski definition) is 6. The number of thioether (sulfide) groups is 1. The van der Waals surface area contributed by atoms with E-state index < -0.39 is 5.25 Å². The molecule has 1 N–H and O–H groups in total. The zero-order chi connectivity index (χ0) is 17.3. The number of para-hydroxylation sites is 1. The van der Waals surface area contributed by atoms with Crippen LogP contribution in [0.2, 0.25) is 0 Å². The Labute approximate surface area is 143 Å². The van der Waals surface area contributed by atoms with Gasteiger partial charge < -0.3 is 5.32 Å². The summed E-state index contributed by atoms with van der Waals surface area (Å²) in [4.78, 5) is 25.3. The van der Waals surface area contributed by atoms with Gasteiger partial charge in [-0.2, -0.15) is 4.68 Å². The summed E-state index contributed by atoms with van der Waals surface area (Å²) in [5, 5.41) is 14.5. The van der Waals surface area contributed by atoms with E-state index in [4.69, 9.17) is 0 Å². The van der Waals surface area contributed by atoms with E-state index in [1.54, 1.807) is 11.6 Å². The number of carbonyl (C=O) groups is 2. The summed E-state index contributed by atoms with van der Waals surface area (Å²) < 4.78 is 1.64. The fourth-order valence-corrected chi connectivity index (χ4v) is 3.50. The first-order chi connectivity index (χ1) is 11.5. The molecule has 8 nitrogen and oxygen atoms in total. The van der Waals surface area contributed by atoms with Crippen LogP contribution in [0.3, 0.4) is 0 Å². The fourth-order valence-electron chi connectivity index (χ4n) is 2.64. The van der Waals surface area contributed by atoms with E-state index >= 15 is 0 Å². The van der Waals surface area contributed by atoms with Crippen LogP contribution in [0.1, 0.15) is 18.1 Å². The predicted octanol–water partition coefficient (Wildman–Crippen LogP) is 1.31. The van der Waals surface area contributed by atoms with E-state index in [-0.39, 0.29) is 11.9 Å². The Morgan fingerprint density at radius 1 is 1.33 bits per heavy atom. The number of imide groups is 1. The molecule has 3 rings (SSSR count). The van der Waals surface area contributed by atoms with Crippen molar-refractivity contribution < 1.29 is 9.59 Å². The Kier molecular flexibility index (Phi) is 4.52. The van der Waals surface area contributed by atoms with E-state index in [1.165, 1.54) is 16.7 Å². The van der Waals surface area contributed by atoms with Crippen LogP contribution in [0.25, 0.3) is 5.69 Å². The van der Waals surface area contributed by atoms with Gasteiger partial charge in [-0.25, -0.2) is 4.79 Å². The topological polar surface area (TPSA) is 93.0 Å². The summed E-state index contributed by atoms with van der Waals surface area (Å²) in [6.07, 6.45) is 0. The number of urea groups is 1. The molecule has 1 saturated heterocycles. The number of tetrazole rings is 1. The van der Waals surface area contributed by atoms with Crippen molar-refractivity contribution in [3.05, 3.63) is 29.3 Å². The Balaban J connectivity index is 1.83. The quantitative estimate of drug-likeness (QED) is 0.839. The molecule has 9 heteroatoms. The van der Waals surface area contributed by atoms with Crippen molar-refractivity contribution >= 4 is 23.7 Å². The highest BCUT2D eigenvalue weighted by Gasteiger charge is 2.31. The van der Waals surface area contributed by atoms with Crippen LogP contribution < -0.4 is 5.32 Å². The van der Waals surface area contributed by atoms with Gasteiger partial charge in [0.25, 0.3) is 0 Å². The maximum atomic E-state index is 12.4. The lowest BCUT2D eigenvalue weighted by atomic mass is 10.1. The molecule has 0 radical (unpaired) electrons. The van der Waals surface area contributed by atoms with E-state index in [2.05, 4.69) is 20.8 Å². The number of aromatic nitrogens is 4. The van der Waals surface area contributed by atoms with Crippen LogP contribution >= 0.6 is 11.8 Å². The second-order valence-electron chi connectivity index (χ2n) is 5.60. The van der Waals surface area contributed by atoms with Crippen LogP contribution in [0.4, 0.5) is 4.79 Å². The fraction of sp³-hybridized carbons (Fsp3) is 0.400. The van der Waals surface area contributed by atoms with Gasteiger partial charge >= 0.3 is 6.03 Å². The molecule has 0 unspecified atom stereocenters. The Bertz CT molecular complexity index is 770. The third-order valence-corrected chi connectivity index (χ3v) is 4.87. The van der Waals surface area contributed by atoms with Gasteiger partial charge in [0.2, 0.25) is 11.1 Å². The molecule has 2 heterocycles. The number of amides is 3. The molecule has 1 fully saturated rings. The van der Waals surface area contributed by atoms with Crippen LogP contribution in [0.15, 0.2) is 23.4 Å². The number of carbonyl (C=O) groups excluding carboxylic acids is 2. The van der Waals surface area contributed by atoms with Crippen molar-refractivity contribution in [1.82, 2.24) is 30.4 Å². The Morgan fingerprint density at radius 2 is 2.04 bits per heavy atom. The lowest BCUT2D eigenvalue weighted by molar-refractivity contribution is -0.126. The van der Waals surface area contributed by atoms with Crippen molar-refractivity contribution in [2.75, 3.05) is 13.1 Å². The maximum absolute atomic E-state index is 12.4. The van der Waals surface area contributed by atoms with Crippen molar-refractivity contribution in [3.63, 3.8) is 0 Å². The Morgan fingerprint density at radius 3 is 2.67 bits per heavy atom. The zero-order valence-corrected chi connectivity index (χ0v) is 14.5. The lowest BCUT2D eigenvalue weighted by Gasteiger charge is -2.17. The largest absolute Gasteiger partial charge is 0.336 e. The molecule has 1 aliphatic rings. The van der Waals surface area contributed by atoms with Crippen LogP contribution in [-0.2, 0) is 4.79 Å². The molecule has 0 saturated carbocycles. The standard InChI is InChI=1S/C15H18N6O2S/c1-9-5-4-6-10(2)12(9)21-15(17-18-19-21)24-11(3)13(22)20-8-7-16-14(20)23/h4-6,11H,7-8H2,1-3H3,(H,16,23)/t11-/m0/s1. The third-order valence-electron chi connectivity index (χ3n) is 3.84. The SMILES string of the molecule is Cc1cccc(C)c1-n1nnnc1S[C@@H](C)C(=O)N1CCNC1=O. The molecule has 1 aromatic heterocycles. The van der Waals surface area contributed by atoms with Crippen LogP contribution in [0.5, 0.6) is 0 Å².